The van der Waals surface area contributed by atoms with Crippen molar-refractivity contribution in [1.29, 1.82) is 0 Å². The van der Waals surface area contributed by atoms with Gasteiger partial charge in [-0.1, -0.05) is 38.3 Å². The van der Waals surface area contributed by atoms with Crippen LogP contribution in [0.3, 0.4) is 0 Å². The zero-order chi connectivity index (χ0) is 16.7. The molecule has 0 spiro atoms. The zero-order valence-electron chi connectivity index (χ0n) is 14.4. The molecule has 3 nitrogen and oxygen atoms in total. The average molecular weight is 326 g/mol. The second-order valence-corrected chi connectivity index (χ2v) is 7.70. The second-order valence-electron chi connectivity index (χ2n) is 7.70. The van der Waals surface area contributed by atoms with Gasteiger partial charge >= 0.3 is 0 Å². The van der Waals surface area contributed by atoms with Crippen LogP contribution in [0.5, 0.6) is 5.75 Å². The number of fused-ring (bicyclic) bond motifs is 6. The summed E-state index contributed by atoms with van der Waals surface area (Å²) in [5.74, 6) is 1.72. The Labute approximate surface area is 143 Å². The first-order valence-electron chi connectivity index (χ1n) is 9.56. The van der Waals surface area contributed by atoms with Gasteiger partial charge in [-0.15, -0.1) is 0 Å². The lowest BCUT2D eigenvalue weighted by molar-refractivity contribution is 0.0657. The van der Waals surface area contributed by atoms with Gasteiger partial charge in [-0.2, -0.15) is 0 Å². The minimum atomic E-state index is -0.0754. The van der Waals surface area contributed by atoms with E-state index in [0.29, 0.717) is 35.3 Å². The number of ether oxygens (including phenoxy) is 1. The van der Waals surface area contributed by atoms with Gasteiger partial charge in [0.1, 0.15) is 5.75 Å². The van der Waals surface area contributed by atoms with E-state index in [1.807, 2.05) is 18.2 Å². The van der Waals surface area contributed by atoms with Crippen LogP contribution in [0.1, 0.15) is 72.6 Å². The van der Waals surface area contributed by atoms with Gasteiger partial charge in [-0.25, -0.2) is 0 Å². The van der Waals surface area contributed by atoms with Gasteiger partial charge in [0.15, 0.2) is 11.6 Å². The SMILES string of the molecule is CCCCCCOc1cccc2c1C(=O)C1C3CCC(C3)C1C2=O. The zero-order valence-corrected chi connectivity index (χ0v) is 14.4. The van der Waals surface area contributed by atoms with Gasteiger partial charge in [-0.05, 0) is 43.6 Å². The number of benzene rings is 1. The molecule has 3 aliphatic rings. The number of unbranched alkanes of at least 4 members (excludes halogenated alkanes) is 3. The summed E-state index contributed by atoms with van der Waals surface area (Å²) >= 11 is 0. The number of carbonyl (C=O) groups is 2. The maximum Gasteiger partial charge on any atom is 0.171 e. The molecule has 2 saturated carbocycles. The molecule has 0 aromatic heterocycles. The van der Waals surface area contributed by atoms with Gasteiger partial charge < -0.3 is 4.74 Å². The largest absolute Gasteiger partial charge is 0.493 e. The first kappa shape index (κ1) is 15.9. The van der Waals surface area contributed by atoms with Crippen LogP contribution >= 0.6 is 0 Å². The number of hydrogen-bond acceptors (Lipinski definition) is 3. The third kappa shape index (κ3) is 2.40. The molecule has 0 amide bonds. The molecule has 2 fully saturated rings. The van der Waals surface area contributed by atoms with Crippen molar-refractivity contribution in [2.75, 3.05) is 6.61 Å². The summed E-state index contributed by atoms with van der Waals surface area (Å²) in [7, 11) is 0. The van der Waals surface area contributed by atoms with Gasteiger partial charge in [0.05, 0.1) is 12.2 Å². The molecular weight excluding hydrogens is 300 g/mol. The highest BCUT2D eigenvalue weighted by Gasteiger charge is 2.57. The van der Waals surface area contributed by atoms with E-state index < -0.39 is 0 Å². The molecule has 128 valence electrons. The van der Waals surface area contributed by atoms with Gasteiger partial charge in [0.2, 0.25) is 0 Å². The standard InChI is InChI=1S/C21H26O3/c1-2-3-4-5-11-24-16-8-6-7-15-19(16)21(23)18-14-10-9-13(12-14)17(18)20(15)22/h6-8,13-14,17-18H,2-5,9-12H2,1H3. The molecule has 0 heterocycles. The first-order valence-corrected chi connectivity index (χ1v) is 9.56. The van der Waals surface area contributed by atoms with Crippen molar-refractivity contribution >= 4 is 11.6 Å². The summed E-state index contributed by atoms with van der Waals surface area (Å²) in [5, 5.41) is 0. The maximum absolute atomic E-state index is 13.2. The fraction of sp³-hybridized carbons (Fsp3) is 0.619. The highest BCUT2D eigenvalue weighted by molar-refractivity contribution is 6.18. The molecule has 4 rings (SSSR count). The van der Waals surface area contributed by atoms with E-state index in [4.69, 9.17) is 4.74 Å². The number of carbonyl (C=O) groups excluding carboxylic acids is 2. The van der Waals surface area contributed by atoms with Crippen LogP contribution in [-0.2, 0) is 0 Å². The minimum Gasteiger partial charge on any atom is -0.493 e. The van der Waals surface area contributed by atoms with Gasteiger partial charge in [-0.3, -0.25) is 9.59 Å². The number of Topliss-reactive ketones (excluding diaryl/α,β-unsaturated/α-hetero) is 2. The van der Waals surface area contributed by atoms with Crippen LogP contribution in [0.2, 0.25) is 0 Å². The van der Waals surface area contributed by atoms with E-state index in [1.54, 1.807) is 0 Å². The maximum atomic E-state index is 13.2. The van der Waals surface area contributed by atoms with Crippen LogP contribution in [0.25, 0.3) is 0 Å². The van der Waals surface area contributed by atoms with Crippen LogP contribution in [0, 0.1) is 23.7 Å². The summed E-state index contributed by atoms with van der Waals surface area (Å²) in [6.45, 7) is 2.81. The van der Waals surface area contributed by atoms with E-state index in [1.165, 1.54) is 12.8 Å². The molecule has 0 radical (unpaired) electrons. The van der Waals surface area contributed by atoms with E-state index in [-0.39, 0.29) is 23.4 Å². The second kappa shape index (κ2) is 6.34. The number of rotatable bonds is 6. The third-order valence-corrected chi connectivity index (χ3v) is 6.32. The fourth-order valence-corrected chi connectivity index (χ4v) is 5.21. The van der Waals surface area contributed by atoms with Crippen molar-refractivity contribution < 1.29 is 14.3 Å². The monoisotopic (exact) mass is 326 g/mol. The fourth-order valence-electron chi connectivity index (χ4n) is 5.21. The molecule has 4 atom stereocenters. The smallest absolute Gasteiger partial charge is 0.171 e. The molecule has 0 N–H and O–H groups in total. The van der Waals surface area contributed by atoms with Crippen LogP contribution in [0.4, 0.5) is 0 Å². The Hall–Kier alpha value is -1.64. The molecule has 0 saturated heterocycles. The highest BCUT2D eigenvalue weighted by Crippen LogP contribution is 2.56. The summed E-state index contributed by atoms with van der Waals surface area (Å²) in [6.07, 6.45) is 7.84. The predicted molar refractivity (Wildman–Crippen MR) is 92.6 cm³/mol. The average Bonchev–Trinajstić information content (AvgIpc) is 3.21. The molecule has 0 aliphatic heterocycles. The lowest BCUT2D eigenvalue weighted by atomic mass is 9.67. The van der Waals surface area contributed by atoms with Crippen molar-refractivity contribution in [1.82, 2.24) is 0 Å². The highest BCUT2D eigenvalue weighted by atomic mass is 16.5. The molecule has 3 aliphatic carbocycles. The summed E-state index contributed by atoms with van der Waals surface area (Å²) in [4.78, 5) is 26.2. The Morgan fingerprint density at radius 3 is 2.50 bits per heavy atom. The van der Waals surface area contributed by atoms with Crippen molar-refractivity contribution in [3.8, 4) is 5.75 Å². The lowest BCUT2D eigenvalue weighted by Gasteiger charge is -2.34. The van der Waals surface area contributed by atoms with Crippen molar-refractivity contribution in [2.45, 2.75) is 51.9 Å². The Bertz CT molecular complexity index is 663. The third-order valence-electron chi connectivity index (χ3n) is 6.32. The van der Waals surface area contributed by atoms with Gasteiger partial charge in [0.25, 0.3) is 0 Å². The van der Waals surface area contributed by atoms with E-state index in [9.17, 15) is 9.59 Å². The predicted octanol–water partition coefficient (Wildman–Crippen LogP) is 4.69. The van der Waals surface area contributed by atoms with Crippen molar-refractivity contribution in [3.63, 3.8) is 0 Å². The van der Waals surface area contributed by atoms with E-state index >= 15 is 0 Å². The normalized spacial score (nSPS) is 30.4. The molecule has 4 unspecified atom stereocenters. The number of ketones is 2. The Balaban J connectivity index is 1.59. The Morgan fingerprint density at radius 1 is 1.00 bits per heavy atom. The van der Waals surface area contributed by atoms with Gasteiger partial charge in [0, 0.05) is 17.4 Å². The van der Waals surface area contributed by atoms with Crippen molar-refractivity contribution in [3.05, 3.63) is 29.3 Å². The quantitative estimate of drug-likeness (QED) is 0.712. The molecule has 3 heteroatoms. The van der Waals surface area contributed by atoms with Crippen LogP contribution < -0.4 is 4.74 Å². The van der Waals surface area contributed by atoms with E-state index in [2.05, 4.69) is 6.92 Å². The molecular formula is C21H26O3. The van der Waals surface area contributed by atoms with Crippen LogP contribution in [0.15, 0.2) is 18.2 Å². The molecule has 24 heavy (non-hydrogen) atoms. The first-order chi connectivity index (χ1) is 11.7. The summed E-state index contributed by atoms with van der Waals surface area (Å²) in [6, 6.07) is 5.54. The Morgan fingerprint density at radius 2 is 1.75 bits per heavy atom. The number of hydrogen-bond donors (Lipinski definition) is 0. The minimum absolute atomic E-state index is 0.0523. The lowest BCUT2D eigenvalue weighted by Crippen LogP contribution is -2.40. The summed E-state index contributed by atoms with van der Waals surface area (Å²) < 4.78 is 5.93. The van der Waals surface area contributed by atoms with Crippen molar-refractivity contribution in [2.24, 2.45) is 23.7 Å². The topological polar surface area (TPSA) is 43.4 Å². The Kier molecular flexibility index (Phi) is 4.19. The molecule has 2 bridgehead atoms. The molecule has 1 aromatic rings. The summed E-state index contributed by atoms with van der Waals surface area (Å²) in [5.41, 5.74) is 1.19. The van der Waals surface area contributed by atoms with E-state index in [0.717, 1.165) is 32.1 Å². The van der Waals surface area contributed by atoms with Crippen LogP contribution in [-0.4, -0.2) is 18.2 Å². The molecule has 1 aromatic carbocycles.